The first-order valence-electron chi connectivity index (χ1n) is 8.27. The number of carbonyl (C=O) groups excluding carboxylic acids is 2. The lowest BCUT2D eigenvalue weighted by molar-refractivity contribution is -0.115. The predicted octanol–water partition coefficient (Wildman–Crippen LogP) is 3.29. The van der Waals surface area contributed by atoms with Crippen molar-refractivity contribution in [2.24, 2.45) is 0 Å². The Hall–Kier alpha value is -2.54. The lowest BCUT2D eigenvalue weighted by atomic mass is 10.2. The Balaban J connectivity index is 1.57. The summed E-state index contributed by atoms with van der Waals surface area (Å²) in [5, 5.41) is 5.37. The first-order valence-corrected chi connectivity index (χ1v) is 9.06. The molecule has 1 aliphatic heterocycles. The zero-order chi connectivity index (χ0) is 18.5. The summed E-state index contributed by atoms with van der Waals surface area (Å²) in [7, 11) is 0. The van der Waals surface area contributed by atoms with Crippen molar-refractivity contribution in [3.63, 3.8) is 0 Å². The molecule has 0 aromatic heterocycles. The van der Waals surface area contributed by atoms with Crippen LogP contribution in [0.15, 0.2) is 40.9 Å². The molecule has 0 radical (unpaired) electrons. The van der Waals surface area contributed by atoms with Gasteiger partial charge in [-0.05, 0) is 48.9 Å². The Labute approximate surface area is 160 Å². The molecule has 0 bridgehead atoms. The molecule has 2 aromatic carbocycles. The summed E-state index contributed by atoms with van der Waals surface area (Å²) < 4.78 is 12.1. The summed E-state index contributed by atoms with van der Waals surface area (Å²) in [5.74, 6) is 0.532. The number of hydrogen-bond donors (Lipinski definition) is 2. The van der Waals surface area contributed by atoms with Crippen molar-refractivity contribution >= 4 is 33.4 Å². The second-order valence-electron chi connectivity index (χ2n) is 5.91. The van der Waals surface area contributed by atoms with Crippen LogP contribution >= 0.6 is 15.9 Å². The average Bonchev–Trinajstić information content (AvgIpc) is 2.87. The van der Waals surface area contributed by atoms with E-state index in [9.17, 15) is 9.59 Å². The van der Waals surface area contributed by atoms with Crippen LogP contribution in [0.25, 0.3) is 0 Å². The molecule has 0 saturated carbocycles. The van der Waals surface area contributed by atoms with E-state index in [-0.39, 0.29) is 18.4 Å². The predicted molar refractivity (Wildman–Crippen MR) is 102 cm³/mol. The fourth-order valence-corrected chi connectivity index (χ4v) is 2.74. The third-order valence-corrected chi connectivity index (χ3v) is 4.75. The van der Waals surface area contributed by atoms with Crippen molar-refractivity contribution in [1.82, 2.24) is 5.32 Å². The minimum Gasteiger partial charge on any atom is -0.490 e. The molecular weight excluding hydrogens is 400 g/mol. The number of amides is 2. The second kappa shape index (κ2) is 8.23. The molecule has 136 valence electrons. The maximum absolute atomic E-state index is 12.3. The Morgan fingerprint density at radius 3 is 2.62 bits per heavy atom. The summed E-state index contributed by atoms with van der Waals surface area (Å²) in [6, 6.07) is 10.5. The summed E-state index contributed by atoms with van der Waals surface area (Å²) in [6.45, 7) is 2.95. The van der Waals surface area contributed by atoms with Gasteiger partial charge in [-0.3, -0.25) is 9.59 Å². The van der Waals surface area contributed by atoms with E-state index in [2.05, 4.69) is 26.6 Å². The van der Waals surface area contributed by atoms with E-state index in [0.29, 0.717) is 36.0 Å². The molecule has 0 fully saturated rings. The molecule has 7 heteroatoms. The number of ether oxygens (including phenoxy) is 2. The van der Waals surface area contributed by atoms with Crippen LogP contribution in [0, 0.1) is 6.92 Å². The Morgan fingerprint density at radius 1 is 1.08 bits per heavy atom. The molecule has 3 rings (SSSR count). The molecule has 26 heavy (non-hydrogen) atoms. The van der Waals surface area contributed by atoms with Crippen molar-refractivity contribution in [3.05, 3.63) is 52.0 Å². The van der Waals surface area contributed by atoms with E-state index in [1.165, 1.54) is 0 Å². The van der Waals surface area contributed by atoms with Crippen LogP contribution in [0.3, 0.4) is 0 Å². The summed E-state index contributed by atoms with van der Waals surface area (Å²) in [4.78, 5) is 24.3. The monoisotopic (exact) mass is 418 g/mol. The van der Waals surface area contributed by atoms with Crippen LogP contribution in [0.5, 0.6) is 11.5 Å². The summed E-state index contributed by atoms with van der Waals surface area (Å²) in [5.41, 5.74) is 2.11. The Kier molecular flexibility index (Phi) is 5.78. The van der Waals surface area contributed by atoms with Gasteiger partial charge in [-0.2, -0.15) is 0 Å². The van der Waals surface area contributed by atoms with E-state index < -0.39 is 0 Å². The number of anilines is 1. The van der Waals surface area contributed by atoms with Crippen LogP contribution in [0.4, 0.5) is 5.69 Å². The van der Waals surface area contributed by atoms with Gasteiger partial charge in [0, 0.05) is 22.1 Å². The molecule has 0 aliphatic carbocycles. The fraction of sp³-hybridized carbons (Fsp3) is 0.263. The largest absolute Gasteiger partial charge is 0.490 e. The third kappa shape index (κ3) is 4.54. The maximum Gasteiger partial charge on any atom is 0.251 e. The van der Waals surface area contributed by atoms with Gasteiger partial charge < -0.3 is 20.1 Å². The van der Waals surface area contributed by atoms with Gasteiger partial charge in [0.05, 0.1) is 19.8 Å². The van der Waals surface area contributed by atoms with Crippen LogP contribution in [0.1, 0.15) is 22.3 Å². The lowest BCUT2D eigenvalue weighted by Gasteiger charge is -2.10. The number of aryl methyl sites for hydroxylation is 1. The number of carbonyl (C=O) groups is 2. The molecule has 2 amide bonds. The molecule has 2 N–H and O–H groups in total. The Morgan fingerprint density at radius 2 is 1.85 bits per heavy atom. The van der Waals surface area contributed by atoms with Gasteiger partial charge in [-0.15, -0.1) is 0 Å². The molecule has 0 unspecified atom stereocenters. The van der Waals surface area contributed by atoms with Crippen molar-refractivity contribution in [3.8, 4) is 11.5 Å². The SMILES string of the molecule is Cc1cc(NC(=O)CNC(=O)c2ccc3c(c2)OCCCO3)ccc1Br. The second-order valence-corrected chi connectivity index (χ2v) is 6.76. The van der Waals surface area contributed by atoms with Crippen LogP contribution < -0.4 is 20.1 Å². The molecular formula is C19H19BrN2O4. The van der Waals surface area contributed by atoms with Crippen LogP contribution in [-0.2, 0) is 4.79 Å². The minimum absolute atomic E-state index is 0.123. The van der Waals surface area contributed by atoms with E-state index in [1.54, 1.807) is 24.3 Å². The fourth-order valence-electron chi connectivity index (χ4n) is 2.49. The number of halogens is 1. The van der Waals surface area contributed by atoms with E-state index >= 15 is 0 Å². The highest BCUT2D eigenvalue weighted by Crippen LogP contribution is 2.30. The standard InChI is InChI=1S/C19H19BrN2O4/c1-12-9-14(4-5-15(12)20)22-18(23)11-21-19(24)13-3-6-16-17(10-13)26-8-2-7-25-16/h3-6,9-10H,2,7-8,11H2,1H3,(H,21,24)(H,22,23). The van der Waals surface area contributed by atoms with E-state index in [1.807, 2.05) is 19.1 Å². The molecule has 0 saturated heterocycles. The van der Waals surface area contributed by atoms with E-state index in [4.69, 9.17) is 9.47 Å². The normalized spacial score (nSPS) is 12.8. The average molecular weight is 419 g/mol. The summed E-state index contributed by atoms with van der Waals surface area (Å²) in [6.07, 6.45) is 0.798. The third-order valence-electron chi connectivity index (χ3n) is 3.86. The number of rotatable bonds is 4. The molecule has 1 aliphatic rings. The van der Waals surface area contributed by atoms with Crippen LogP contribution in [0.2, 0.25) is 0 Å². The van der Waals surface area contributed by atoms with Gasteiger partial charge in [-0.1, -0.05) is 15.9 Å². The Bertz CT molecular complexity index is 838. The lowest BCUT2D eigenvalue weighted by Crippen LogP contribution is -2.32. The van der Waals surface area contributed by atoms with Crippen molar-refractivity contribution < 1.29 is 19.1 Å². The van der Waals surface area contributed by atoms with Crippen molar-refractivity contribution in [2.45, 2.75) is 13.3 Å². The number of hydrogen-bond acceptors (Lipinski definition) is 4. The van der Waals surface area contributed by atoms with Gasteiger partial charge in [0.2, 0.25) is 5.91 Å². The smallest absolute Gasteiger partial charge is 0.251 e. The highest BCUT2D eigenvalue weighted by Gasteiger charge is 2.15. The first kappa shape index (κ1) is 18.3. The topological polar surface area (TPSA) is 76.7 Å². The quantitative estimate of drug-likeness (QED) is 0.798. The molecule has 0 spiro atoms. The van der Waals surface area contributed by atoms with Crippen molar-refractivity contribution in [1.29, 1.82) is 0 Å². The van der Waals surface area contributed by atoms with Gasteiger partial charge in [0.15, 0.2) is 11.5 Å². The van der Waals surface area contributed by atoms with E-state index in [0.717, 1.165) is 16.5 Å². The van der Waals surface area contributed by atoms with Gasteiger partial charge >= 0.3 is 0 Å². The number of fused-ring (bicyclic) bond motifs is 1. The zero-order valence-electron chi connectivity index (χ0n) is 14.3. The molecule has 1 heterocycles. The number of benzene rings is 2. The van der Waals surface area contributed by atoms with Gasteiger partial charge in [0.1, 0.15) is 0 Å². The van der Waals surface area contributed by atoms with Crippen molar-refractivity contribution in [2.75, 3.05) is 25.1 Å². The maximum atomic E-state index is 12.3. The highest BCUT2D eigenvalue weighted by atomic mass is 79.9. The summed E-state index contributed by atoms with van der Waals surface area (Å²) >= 11 is 3.41. The zero-order valence-corrected chi connectivity index (χ0v) is 15.9. The molecule has 2 aromatic rings. The highest BCUT2D eigenvalue weighted by molar-refractivity contribution is 9.10. The molecule has 6 nitrogen and oxygen atoms in total. The van der Waals surface area contributed by atoms with Gasteiger partial charge in [-0.25, -0.2) is 0 Å². The number of nitrogens with one attached hydrogen (secondary N) is 2. The van der Waals surface area contributed by atoms with Gasteiger partial charge in [0.25, 0.3) is 5.91 Å². The van der Waals surface area contributed by atoms with Crippen LogP contribution in [-0.4, -0.2) is 31.6 Å². The first-order chi connectivity index (χ1) is 12.5. The molecule has 0 atom stereocenters. The minimum atomic E-state index is -0.345.